The van der Waals surface area contributed by atoms with E-state index in [9.17, 15) is 9.90 Å². The van der Waals surface area contributed by atoms with Gasteiger partial charge in [-0.3, -0.25) is 4.90 Å². The Morgan fingerprint density at radius 2 is 1.80 bits per heavy atom. The number of hydrogen-bond acceptors (Lipinski definition) is 3. The zero-order valence-electron chi connectivity index (χ0n) is 15.0. The van der Waals surface area contributed by atoms with E-state index in [0.717, 1.165) is 51.6 Å². The van der Waals surface area contributed by atoms with Crippen molar-refractivity contribution in [3.63, 3.8) is 0 Å². The number of likely N-dealkylation sites (tertiary alicyclic amines) is 1. The van der Waals surface area contributed by atoms with Crippen LogP contribution in [0.4, 0.5) is 4.79 Å². The van der Waals surface area contributed by atoms with Crippen LogP contribution in [0.1, 0.15) is 44.1 Å². The van der Waals surface area contributed by atoms with E-state index in [1.165, 1.54) is 12.0 Å². The van der Waals surface area contributed by atoms with Gasteiger partial charge in [0.15, 0.2) is 0 Å². The van der Waals surface area contributed by atoms with Crippen molar-refractivity contribution in [1.82, 2.24) is 15.5 Å². The summed E-state index contributed by atoms with van der Waals surface area (Å²) >= 11 is 0. The monoisotopic (exact) mass is 345 g/mol. The van der Waals surface area contributed by atoms with E-state index in [1.54, 1.807) is 0 Å². The molecule has 1 aliphatic carbocycles. The number of aliphatic hydroxyl groups excluding tert-OH is 1. The minimum atomic E-state index is -0.167. The van der Waals surface area contributed by atoms with E-state index >= 15 is 0 Å². The molecule has 1 saturated carbocycles. The molecule has 1 aromatic rings. The topological polar surface area (TPSA) is 64.6 Å². The van der Waals surface area contributed by atoms with E-state index in [0.29, 0.717) is 12.6 Å². The van der Waals surface area contributed by atoms with E-state index in [1.807, 2.05) is 18.2 Å². The number of amides is 2. The van der Waals surface area contributed by atoms with Crippen molar-refractivity contribution in [2.45, 2.75) is 63.1 Å². The molecule has 2 aliphatic rings. The SMILES string of the molecule is O=C(NCCc1ccccc1)NC1CCN(C2CCCCC2O)CC1. The number of urea groups is 1. The quantitative estimate of drug-likeness (QED) is 0.767. The number of piperidine rings is 1. The number of hydrogen-bond donors (Lipinski definition) is 3. The molecule has 0 spiro atoms. The second kappa shape index (κ2) is 9.20. The van der Waals surface area contributed by atoms with Gasteiger partial charge in [-0.05, 0) is 37.7 Å². The van der Waals surface area contributed by atoms with Crippen molar-refractivity contribution in [1.29, 1.82) is 0 Å². The fourth-order valence-electron chi connectivity index (χ4n) is 4.09. The highest BCUT2D eigenvalue weighted by Gasteiger charge is 2.31. The highest BCUT2D eigenvalue weighted by Crippen LogP contribution is 2.25. The number of aliphatic hydroxyl groups is 1. The second-order valence-corrected chi connectivity index (χ2v) is 7.37. The molecular formula is C20H31N3O2. The smallest absolute Gasteiger partial charge is 0.315 e. The summed E-state index contributed by atoms with van der Waals surface area (Å²) in [5.41, 5.74) is 1.24. The Morgan fingerprint density at radius 3 is 2.52 bits per heavy atom. The van der Waals surface area contributed by atoms with Crippen LogP contribution in [0.25, 0.3) is 0 Å². The van der Waals surface area contributed by atoms with Crippen molar-refractivity contribution in [2.24, 2.45) is 0 Å². The van der Waals surface area contributed by atoms with E-state index in [2.05, 4.69) is 27.7 Å². The van der Waals surface area contributed by atoms with Crippen LogP contribution < -0.4 is 10.6 Å². The average Bonchev–Trinajstić information content (AvgIpc) is 2.64. The van der Waals surface area contributed by atoms with Gasteiger partial charge in [-0.15, -0.1) is 0 Å². The molecule has 1 aliphatic heterocycles. The Morgan fingerprint density at radius 1 is 1.08 bits per heavy atom. The van der Waals surface area contributed by atoms with Gasteiger partial charge in [0.05, 0.1) is 6.10 Å². The second-order valence-electron chi connectivity index (χ2n) is 7.37. The number of nitrogens with one attached hydrogen (secondary N) is 2. The summed E-state index contributed by atoms with van der Waals surface area (Å²) in [5, 5.41) is 16.3. The number of rotatable bonds is 5. The molecule has 1 aromatic carbocycles. The van der Waals surface area contributed by atoms with Gasteiger partial charge in [-0.1, -0.05) is 43.2 Å². The Hall–Kier alpha value is -1.59. The Bertz CT molecular complexity index is 529. The molecule has 2 unspecified atom stereocenters. The van der Waals surface area contributed by atoms with Gasteiger partial charge >= 0.3 is 6.03 Å². The zero-order valence-corrected chi connectivity index (χ0v) is 15.0. The molecule has 3 rings (SSSR count). The third-order valence-electron chi connectivity index (χ3n) is 5.57. The van der Waals surface area contributed by atoms with Crippen LogP contribution in [0.3, 0.4) is 0 Å². The van der Waals surface area contributed by atoms with Crippen molar-refractivity contribution in [3.8, 4) is 0 Å². The number of nitrogens with zero attached hydrogens (tertiary/aromatic N) is 1. The lowest BCUT2D eigenvalue weighted by molar-refractivity contribution is 0.00777. The standard InChI is InChI=1S/C20H31N3O2/c24-19-9-5-4-8-18(19)23-14-11-17(12-15-23)22-20(25)21-13-10-16-6-2-1-3-7-16/h1-3,6-7,17-19,24H,4-5,8-15H2,(H2,21,22,25). The van der Waals surface area contributed by atoms with Gasteiger partial charge in [-0.2, -0.15) is 0 Å². The minimum Gasteiger partial charge on any atom is -0.391 e. The zero-order chi connectivity index (χ0) is 17.5. The maximum atomic E-state index is 12.1. The minimum absolute atomic E-state index is 0.0629. The van der Waals surface area contributed by atoms with Crippen molar-refractivity contribution in [2.75, 3.05) is 19.6 Å². The molecule has 5 heteroatoms. The molecule has 5 nitrogen and oxygen atoms in total. The van der Waals surface area contributed by atoms with Crippen LogP contribution >= 0.6 is 0 Å². The molecule has 2 atom stereocenters. The predicted octanol–water partition coefficient (Wildman–Crippen LogP) is 2.30. The van der Waals surface area contributed by atoms with Gasteiger partial charge in [0.1, 0.15) is 0 Å². The fraction of sp³-hybridized carbons (Fsp3) is 0.650. The van der Waals surface area contributed by atoms with E-state index < -0.39 is 0 Å². The number of carbonyl (C=O) groups is 1. The van der Waals surface area contributed by atoms with Crippen LogP contribution in [0.5, 0.6) is 0 Å². The molecule has 2 amide bonds. The Labute approximate surface area is 150 Å². The first kappa shape index (κ1) is 18.2. The summed E-state index contributed by atoms with van der Waals surface area (Å²) in [7, 11) is 0. The molecule has 25 heavy (non-hydrogen) atoms. The van der Waals surface area contributed by atoms with E-state index in [4.69, 9.17) is 0 Å². The number of carbonyl (C=O) groups excluding carboxylic acids is 1. The lowest BCUT2D eigenvalue weighted by atomic mass is 9.89. The first-order valence-electron chi connectivity index (χ1n) is 9.73. The number of benzene rings is 1. The molecule has 138 valence electrons. The molecule has 1 saturated heterocycles. The molecule has 0 bridgehead atoms. The van der Waals surface area contributed by atoms with Crippen LogP contribution in [-0.2, 0) is 6.42 Å². The summed E-state index contributed by atoms with van der Waals surface area (Å²) in [5.74, 6) is 0. The van der Waals surface area contributed by atoms with Gasteiger partial charge in [0.2, 0.25) is 0 Å². The first-order chi connectivity index (χ1) is 12.2. The predicted molar refractivity (Wildman–Crippen MR) is 99.5 cm³/mol. The summed E-state index contributed by atoms with van der Waals surface area (Å²) in [6.45, 7) is 2.59. The summed E-state index contributed by atoms with van der Waals surface area (Å²) in [4.78, 5) is 14.5. The van der Waals surface area contributed by atoms with E-state index in [-0.39, 0.29) is 18.2 Å². The third-order valence-corrected chi connectivity index (χ3v) is 5.57. The Kier molecular flexibility index (Phi) is 6.70. The summed E-state index contributed by atoms with van der Waals surface area (Å²) < 4.78 is 0. The normalized spacial score (nSPS) is 25.5. The first-order valence-corrected chi connectivity index (χ1v) is 9.73. The van der Waals surface area contributed by atoms with Crippen LogP contribution in [0.2, 0.25) is 0 Å². The van der Waals surface area contributed by atoms with Gasteiger partial charge in [0.25, 0.3) is 0 Å². The Balaban J connectivity index is 1.33. The summed E-state index contributed by atoms with van der Waals surface area (Å²) in [6.07, 6.45) is 7.05. The lowest BCUT2D eigenvalue weighted by Gasteiger charge is -2.41. The van der Waals surface area contributed by atoms with Crippen molar-refractivity contribution in [3.05, 3.63) is 35.9 Å². The molecular weight excluding hydrogens is 314 g/mol. The molecule has 1 heterocycles. The van der Waals surface area contributed by atoms with Crippen molar-refractivity contribution < 1.29 is 9.90 Å². The van der Waals surface area contributed by atoms with Crippen LogP contribution in [0, 0.1) is 0 Å². The fourth-order valence-corrected chi connectivity index (χ4v) is 4.09. The van der Waals surface area contributed by atoms with Crippen LogP contribution in [-0.4, -0.2) is 53.9 Å². The highest BCUT2D eigenvalue weighted by atomic mass is 16.3. The molecule has 2 fully saturated rings. The van der Waals surface area contributed by atoms with Gasteiger partial charge in [-0.25, -0.2) is 4.79 Å². The average molecular weight is 345 g/mol. The van der Waals surface area contributed by atoms with Crippen LogP contribution in [0.15, 0.2) is 30.3 Å². The molecule has 0 aromatic heterocycles. The highest BCUT2D eigenvalue weighted by molar-refractivity contribution is 5.74. The van der Waals surface area contributed by atoms with Crippen molar-refractivity contribution >= 4 is 6.03 Å². The van der Waals surface area contributed by atoms with Gasteiger partial charge < -0.3 is 15.7 Å². The maximum absolute atomic E-state index is 12.1. The lowest BCUT2D eigenvalue weighted by Crippen LogP contribution is -2.53. The largest absolute Gasteiger partial charge is 0.391 e. The van der Waals surface area contributed by atoms with Gasteiger partial charge in [0, 0.05) is 31.7 Å². The molecule has 3 N–H and O–H groups in total. The third kappa shape index (κ3) is 5.44. The summed E-state index contributed by atoms with van der Waals surface area (Å²) in [6, 6.07) is 10.7. The molecule has 0 radical (unpaired) electrons. The maximum Gasteiger partial charge on any atom is 0.315 e.